The summed E-state index contributed by atoms with van der Waals surface area (Å²) in [7, 11) is 1.56. The first-order chi connectivity index (χ1) is 18.3. The lowest BCUT2D eigenvalue weighted by molar-refractivity contribution is -0.119. The highest BCUT2D eigenvalue weighted by molar-refractivity contribution is 7.17. The summed E-state index contributed by atoms with van der Waals surface area (Å²) in [5, 5.41) is 10.3. The van der Waals surface area contributed by atoms with Crippen molar-refractivity contribution in [2.45, 2.75) is 33.2 Å². The minimum absolute atomic E-state index is 0.0155. The molecule has 0 spiro atoms. The summed E-state index contributed by atoms with van der Waals surface area (Å²) in [4.78, 5) is 32.0. The molecular weight excluding hydrogens is 509 g/mol. The number of carbonyl (C=O) groups excluding carboxylic acids is 1. The predicted molar refractivity (Wildman–Crippen MR) is 144 cm³/mol. The highest BCUT2D eigenvalue weighted by atomic mass is 32.1. The van der Waals surface area contributed by atoms with Gasteiger partial charge in [0.05, 0.1) is 29.8 Å². The molecule has 38 heavy (non-hydrogen) atoms. The maximum atomic E-state index is 14.9. The van der Waals surface area contributed by atoms with E-state index in [1.165, 1.54) is 6.07 Å². The van der Waals surface area contributed by atoms with E-state index in [2.05, 4.69) is 4.98 Å². The van der Waals surface area contributed by atoms with Gasteiger partial charge in [-0.3, -0.25) is 9.78 Å². The Hall–Kier alpha value is -3.92. The molecule has 8 nitrogen and oxygen atoms in total. The molecule has 1 saturated carbocycles. The standard InChI is InChI=1S/C28H28FN3O5S/c1-4-37-23-15-24(38-26(23)28(34)35)21-14-18(9-10-30-21)32(27(33)17-5-6-17)12-11-31-16(2)13-19-22(36-3)8-7-20(29)25(19)31/h7-10,13-15,17H,4-6,11-12H2,1-3H3,(H,34,35). The number of halogens is 1. The Kier molecular flexibility index (Phi) is 7.07. The van der Waals surface area contributed by atoms with Crippen LogP contribution in [0.4, 0.5) is 10.1 Å². The number of thiophene rings is 1. The number of carboxylic acid groups (broad SMARTS) is 1. The zero-order valence-electron chi connectivity index (χ0n) is 21.4. The number of aromatic carboxylic acids is 1. The van der Waals surface area contributed by atoms with Gasteiger partial charge in [-0.05, 0) is 57.0 Å². The fourth-order valence-corrected chi connectivity index (χ4v) is 5.57. The Morgan fingerprint density at radius 2 is 2.00 bits per heavy atom. The van der Waals surface area contributed by atoms with Gasteiger partial charge in [-0.2, -0.15) is 0 Å². The van der Waals surface area contributed by atoms with Gasteiger partial charge in [-0.15, -0.1) is 11.3 Å². The second kappa shape index (κ2) is 10.4. The molecule has 0 saturated heterocycles. The normalized spacial score (nSPS) is 13.1. The van der Waals surface area contributed by atoms with Gasteiger partial charge in [0.1, 0.15) is 17.3 Å². The Labute approximate surface area is 223 Å². The second-order valence-electron chi connectivity index (χ2n) is 9.15. The quantitative estimate of drug-likeness (QED) is 0.276. The molecule has 3 aromatic heterocycles. The number of methoxy groups -OCH3 is 1. The minimum Gasteiger partial charge on any atom is -0.496 e. The van der Waals surface area contributed by atoms with Crippen molar-refractivity contribution in [3.05, 3.63) is 59.0 Å². The van der Waals surface area contributed by atoms with Crippen molar-refractivity contribution >= 4 is 39.8 Å². The van der Waals surface area contributed by atoms with Crippen LogP contribution in [0.1, 0.15) is 35.1 Å². The number of anilines is 1. The number of hydrogen-bond acceptors (Lipinski definition) is 6. The number of amides is 1. The highest BCUT2D eigenvalue weighted by Gasteiger charge is 2.34. The number of hydrogen-bond donors (Lipinski definition) is 1. The summed E-state index contributed by atoms with van der Waals surface area (Å²) in [6.45, 7) is 4.75. The summed E-state index contributed by atoms with van der Waals surface area (Å²) in [5.74, 6) is -0.541. The molecule has 1 aliphatic rings. The van der Waals surface area contributed by atoms with Crippen molar-refractivity contribution in [2.75, 3.05) is 25.2 Å². The number of aryl methyl sites for hydroxylation is 1. The second-order valence-corrected chi connectivity index (χ2v) is 10.2. The molecular formula is C28H28FN3O5S. The zero-order valence-corrected chi connectivity index (χ0v) is 22.2. The van der Waals surface area contributed by atoms with Crippen LogP contribution in [-0.2, 0) is 11.3 Å². The molecule has 0 aliphatic heterocycles. The molecule has 1 aliphatic carbocycles. The molecule has 1 N–H and O–H groups in total. The van der Waals surface area contributed by atoms with E-state index in [0.717, 1.165) is 29.9 Å². The maximum absolute atomic E-state index is 14.9. The van der Waals surface area contributed by atoms with Crippen LogP contribution in [0.5, 0.6) is 11.5 Å². The van der Waals surface area contributed by atoms with E-state index in [9.17, 15) is 19.1 Å². The molecule has 0 unspecified atom stereocenters. The summed E-state index contributed by atoms with van der Waals surface area (Å²) >= 11 is 1.08. The lowest BCUT2D eigenvalue weighted by Gasteiger charge is -2.24. The van der Waals surface area contributed by atoms with Crippen LogP contribution in [0.15, 0.2) is 42.6 Å². The molecule has 5 rings (SSSR count). The smallest absolute Gasteiger partial charge is 0.349 e. The fraction of sp³-hybridized carbons (Fsp3) is 0.321. The van der Waals surface area contributed by atoms with Crippen molar-refractivity contribution in [1.82, 2.24) is 9.55 Å². The van der Waals surface area contributed by atoms with Crippen LogP contribution in [-0.4, -0.2) is 46.8 Å². The highest BCUT2D eigenvalue weighted by Crippen LogP contribution is 2.38. The topological polar surface area (TPSA) is 93.9 Å². The van der Waals surface area contributed by atoms with Gasteiger partial charge in [0.15, 0.2) is 4.88 Å². The van der Waals surface area contributed by atoms with E-state index in [0.29, 0.717) is 58.4 Å². The molecule has 1 aromatic carbocycles. The monoisotopic (exact) mass is 537 g/mol. The van der Waals surface area contributed by atoms with Gasteiger partial charge in [-0.1, -0.05) is 0 Å². The summed E-state index contributed by atoms with van der Waals surface area (Å²) in [5.41, 5.74) is 2.51. The largest absolute Gasteiger partial charge is 0.496 e. The van der Waals surface area contributed by atoms with E-state index in [4.69, 9.17) is 9.47 Å². The third kappa shape index (κ3) is 4.83. The summed E-state index contributed by atoms with van der Waals surface area (Å²) < 4.78 is 27.7. The average Bonchev–Trinajstić information content (AvgIpc) is 3.58. The molecule has 1 fully saturated rings. The average molecular weight is 538 g/mol. The van der Waals surface area contributed by atoms with Crippen LogP contribution in [0.25, 0.3) is 21.5 Å². The zero-order chi connectivity index (χ0) is 27.0. The van der Waals surface area contributed by atoms with Gasteiger partial charge in [-0.25, -0.2) is 9.18 Å². The van der Waals surface area contributed by atoms with Gasteiger partial charge < -0.3 is 24.0 Å². The number of nitrogens with zero attached hydrogens (tertiary/aromatic N) is 3. The molecule has 4 aromatic rings. The molecule has 1 amide bonds. The van der Waals surface area contributed by atoms with E-state index in [1.807, 2.05) is 17.6 Å². The van der Waals surface area contributed by atoms with Crippen LogP contribution < -0.4 is 14.4 Å². The number of carboxylic acids is 1. The SMILES string of the molecule is CCOc1cc(-c2cc(N(CCn3c(C)cc4c(OC)ccc(F)c43)C(=O)C3CC3)ccn2)sc1C(=O)O. The third-order valence-electron chi connectivity index (χ3n) is 6.64. The van der Waals surface area contributed by atoms with Gasteiger partial charge >= 0.3 is 5.97 Å². The van der Waals surface area contributed by atoms with Crippen molar-refractivity contribution in [3.8, 4) is 22.1 Å². The number of carbonyl (C=O) groups is 2. The Balaban J connectivity index is 1.48. The molecule has 3 heterocycles. The first-order valence-corrected chi connectivity index (χ1v) is 13.2. The van der Waals surface area contributed by atoms with E-state index in [1.54, 1.807) is 49.4 Å². The van der Waals surface area contributed by atoms with Crippen LogP contribution in [0, 0.1) is 18.7 Å². The maximum Gasteiger partial charge on any atom is 0.349 e. The van der Waals surface area contributed by atoms with E-state index < -0.39 is 5.97 Å². The first kappa shape index (κ1) is 25.7. The van der Waals surface area contributed by atoms with Crippen molar-refractivity contribution < 1.29 is 28.6 Å². The number of aromatic nitrogens is 2. The molecule has 0 atom stereocenters. The van der Waals surface area contributed by atoms with Crippen molar-refractivity contribution in [1.29, 1.82) is 0 Å². The van der Waals surface area contributed by atoms with Crippen LogP contribution in [0.3, 0.4) is 0 Å². The van der Waals surface area contributed by atoms with Crippen LogP contribution >= 0.6 is 11.3 Å². The molecule has 198 valence electrons. The Morgan fingerprint density at radius 3 is 2.68 bits per heavy atom. The molecule has 0 bridgehead atoms. The Bertz CT molecular complexity index is 1520. The number of benzene rings is 1. The summed E-state index contributed by atoms with van der Waals surface area (Å²) in [6, 6.07) is 10.1. The van der Waals surface area contributed by atoms with Crippen molar-refractivity contribution in [3.63, 3.8) is 0 Å². The predicted octanol–water partition coefficient (Wildman–Crippen LogP) is 5.76. The number of pyridine rings is 1. The molecule has 10 heteroatoms. The van der Waals surface area contributed by atoms with E-state index in [-0.39, 0.29) is 22.5 Å². The first-order valence-electron chi connectivity index (χ1n) is 12.4. The fourth-order valence-electron chi connectivity index (χ4n) is 4.66. The number of ether oxygens (including phenoxy) is 2. The summed E-state index contributed by atoms with van der Waals surface area (Å²) in [6.07, 6.45) is 3.30. The number of fused-ring (bicyclic) bond motifs is 1. The lowest BCUT2D eigenvalue weighted by Crippen LogP contribution is -2.35. The van der Waals surface area contributed by atoms with Gasteiger partial charge in [0, 0.05) is 48.0 Å². The Morgan fingerprint density at radius 1 is 1.21 bits per heavy atom. The number of rotatable bonds is 10. The molecule has 0 radical (unpaired) electrons. The minimum atomic E-state index is -1.07. The van der Waals surface area contributed by atoms with E-state index >= 15 is 0 Å². The van der Waals surface area contributed by atoms with Gasteiger partial charge in [0.25, 0.3) is 0 Å². The van der Waals surface area contributed by atoms with Gasteiger partial charge in [0.2, 0.25) is 5.91 Å². The van der Waals surface area contributed by atoms with Crippen LogP contribution in [0.2, 0.25) is 0 Å². The van der Waals surface area contributed by atoms with Crippen molar-refractivity contribution in [2.24, 2.45) is 5.92 Å². The third-order valence-corrected chi connectivity index (χ3v) is 7.76. The lowest BCUT2D eigenvalue weighted by atomic mass is 10.2.